The Morgan fingerprint density at radius 2 is 2.31 bits per heavy atom. The minimum atomic E-state index is -0.387. The van der Waals surface area contributed by atoms with E-state index in [4.69, 9.17) is 10.5 Å². The topological polar surface area (TPSA) is 55.5 Å². The molecule has 1 aliphatic carbocycles. The molecule has 1 aromatic rings. The van der Waals surface area contributed by atoms with Crippen LogP contribution in [-0.2, 0) is 6.42 Å². The van der Waals surface area contributed by atoms with Crippen molar-refractivity contribution in [2.75, 3.05) is 13.7 Å². The molecule has 0 bridgehead atoms. The molecular formula is C13H19NO2. The number of aryl methyl sites for hydroxylation is 1. The lowest BCUT2D eigenvalue weighted by molar-refractivity contribution is 0.0896. The van der Waals surface area contributed by atoms with Gasteiger partial charge in [-0.3, -0.25) is 0 Å². The summed E-state index contributed by atoms with van der Waals surface area (Å²) in [6, 6.07) is 5.95. The van der Waals surface area contributed by atoms with E-state index in [-0.39, 0.29) is 6.10 Å². The molecule has 88 valence electrons. The standard InChI is InChI=1S/C13H19NO2/c1-16-11-5-4-9-2-3-10(6-7-14)13(15)12(9)8-11/h4-5,8,10,13,15H,2-3,6-7,14H2,1H3. The van der Waals surface area contributed by atoms with Gasteiger partial charge in [-0.2, -0.15) is 0 Å². The van der Waals surface area contributed by atoms with Crippen LogP contribution in [0, 0.1) is 5.92 Å². The summed E-state index contributed by atoms with van der Waals surface area (Å²) in [5, 5.41) is 10.3. The molecule has 0 heterocycles. The number of rotatable bonds is 3. The Morgan fingerprint density at radius 3 is 3.00 bits per heavy atom. The number of hydrogen-bond donors (Lipinski definition) is 2. The van der Waals surface area contributed by atoms with Crippen molar-refractivity contribution in [1.29, 1.82) is 0 Å². The van der Waals surface area contributed by atoms with Crippen LogP contribution in [0.1, 0.15) is 30.1 Å². The zero-order valence-corrected chi connectivity index (χ0v) is 9.65. The van der Waals surface area contributed by atoms with Gasteiger partial charge in [0.2, 0.25) is 0 Å². The van der Waals surface area contributed by atoms with Crippen molar-refractivity contribution in [3.05, 3.63) is 29.3 Å². The van der Waals surface area contributed by atoms with E-state index in [1.54, 1.807) is 7.11 Å². The van der Waals surface area contributed by atoms with Crippen LogP contribution < -0.4 is 10.5 Å². The normalized spacial score (nSPS) is 23.9. The molecule has 0 radical (unpaired) electrons. The molecular weight excluding hydrogens is 202 g/mol. The monoisotopic (exact) mass is 221 g/mol. The van der Waals surface area contributed by atoms with Crippen LogP contribution in [0.5, 0.6) is 5.75 Å². The third-order valence-corrected chi connectivity index (χ3v) is 3.44. The van der Waals surface area contributed by atoms with Crippen molar-refractivity contribution in [2.24, 2.45) is 11.7 Å². The first kappa shape index (κ1) is 11.4. The lowest BCUT2D eigenvalue weighted by Crippen LogP contribution is -2.23. The smallest absolute Gasteiger partial charge is 0.119 e. The van der Waals surface area contributed by atoms with Gasteiger partial charge in [0.15, 0.2) is 0 Å². The van der Waals surface area contributed by atoms with E-state index in [2.05, 4.69) is 6.07 Å². The summed E-state index contributed by atoms with van der Waals surface area (Å²) in [7, 11) is 1.65. The second kappa shape index (κ2) is 4.85. The molecule has 0 saturated carbocycles. The highest BCUT2D eigenvalue weighted by Crippen LogP contribution is 2.37. The summed E-state index contributed by atoms with van der Waals surface area (Å²) in [6.07, 6.45) is 2.55. The summed E-state index contributed by atoms with van der Waals surface area (Å²) in [5.41, 5.74) is 7.82. The Hall–Kier alpha value is -1.06. The van der Waals surface area contributed by atoms with Gasteiger partial charge in [0.05, 0.1) is 13.2 Å². The summed E-state index contributed by atoms with van der Waals surface area (Å²) in [4.78, 5) is 0. The van der Waals surface area contributed by atoms with Gasteiger partial charge >= 0.3 is 0 Å². The molecule has 2 rings (SSSR count). The van der Waals surface area contributed by atoms with Gasteiger partial charge in [0, 0.05) is 0 Å². The van der Waals surface area contributed by atoms with E-state index in [1.807, 2.05) is 12.1 Å². The fourth-order valence-electron chi connectivity index (χ4n) is 2.47. The van der Waals surface area contributed by atoms with Crippen molar-refractivity contribution in [3.8, 4) is 5.75 Å². The Balaban J connectivity index is 2.27. The molecule has 3 nitrogen and oxygen atoms in total. The van der Waals surface area contributed by atoms with E-state index in [9.17, 15) is 5.11 Å². The predicted molar refractivity (Wildman–Crippen MR) is 63.4 cm³/mol. The molecule has 0 aliphatic heterocycles. The lowest BCUT2D eigenvalue weighted by Gasteiger charge is -2.30. The van der Waals surface area contributed by atoms with E-state index < -0.39 is 0 Å². The number of ether oxygens (including phenoxy) is 1. The largest absolute Gasteiger partial charge is 0.497 e. The zero-order chi connectivity index (χ0) is 11.5. The number of fused-ring (bicyclic) bond motifs is 1. The van der Waals surface area contributed by atoms with E-state index >= 15 is 0 Å². The van der Waals surface area contributed by atoms with E-state index in [0.29, 0.717) is 12.5 Å². The van der Waals surface area contributed by atoms with Crippen LogP contribution >= 0.6 is 0 Å². The third-order valence-electron chi connectivity index (χ3n) is 3.44. The van der Waals surface area contributed by atoms with Gasteiger partial charge in [-0.25, -0.2) is 0 Å². The van der Waals surface area contributed by atoms with Crippen LogP contribution in [0.15, 0.2) is 18.2 Å². The van der Waals surface area contributed by atoms with Gasteiger partial charge in [-0.1, -0.05) is 6.07 Å². The predicted octanol–water partition coefficient (Wildman–Crippen LogP) is 1.64. The number of nitrogens with two attached hydrogens (primary N) is 1. The number of methoxy groups -OCH3 is 1. The number of hydrogen-bond acceptors (Lipinski definition) is 3. The molecule has 16 heavy (non-hydrogen) atoms. The van der Waals surface area contributed by atoms with Crippen LogP contribution in [0.2, 0.25) is 0 Å². The molecule has 3 N–H and O–H groups in total. The fourth-order valence-corrected chi connectivity index (χ4v) is 2.47. The maximum Gasteiger partial charge on any atom is 0.119 e. The van der Waals surface area contributed by atoms with Crippen LogP contribution in [0.3, 0.4) is 0 Å². The van der Waals surface area contributed by atoms with E-state index in [0.717, 1.165) is 30.6 Å². The number of aliphatic hydroxyl groups is 1. The van der Waals surface area contributed by atoms with Gasteiger partial charge in [-0.05, 0) is 55.0 Å². The molecule has 0 saturated heterocycles. The van der Waals surface area contributed by atoms with Crippen molar-refractivity contribution >= 4 is 0 Å². The first-order valence-electron chi connectivity index (χ1n) is 5.81. The van der Waals surface area contributed by atoms with Crippen molar-refractivity contribution < 1.29 is 9.84 Å². The van der Waals surface area contributed by atoms with Crippen LogP contribution in [0.25, 0.3) is 0 Å². The highest BCUT2D eigenvalue weighted by atomic mass is 16.5. The maximum atomic E-state index is 10.3. The highest BCUT2D eigenvalue weighted by Gasteiger charge is 2.27. The molecule has 2 atom stereocenters. The summed E-state index contributed by atoms with van der Waals surface area (Å²) >= 11 is 0. The minimum absolute atomic E-state index is 0.296. The second-order valence-electron chi connectivity index (χ2n) is 4.39. The second-order valence-corrected chi connectivity index (χ2v) is 4.39. The fraction of sp³-hybridized carbons (Fsp3) is 0.538. The minimum Gasteiger partial charge on any atom is -0.497 e. The molecule has 0 aromatic heterocycles. The number of benzene rings is 1. The molecule has 0 spiro atoms. The molecule has 0 amide bonds. The van der Waals surface area contributed by atoms with Crippen molar-refractivity contribution in [1.82, 2.24) is 0 Å². The van der Waals surface area contributed by atoms with Gasteiger partial charge in [0.25, 0.3) is 0 Å². The average molecular weight is 221 g/mol. The molecule has 3 heteroatoms. The van der Waals surface area contributed by atoms with Gasteiger partial charge in [-0.15, -0.1) is 0 Å². The maximum absolute atomic E-state index is 10.3. The first-order valence-corrected chi connectivity index (χ1v) is 5.81. The summed E-state index contributed by atoms with van der Waals surface area (Å²) < 4.78 is 5.19. The Morgan fingerprint density at radius 1 is 1.50 bits per heavy atom. The number of aliphatic hydroxyl groups excluding tert-OH is 1. The SMILES string of the molecule is COc1ccc2c(c1)C(O)C(CCN)CC2. The van der Waals surface area contributed by atoms with Gasteiger partial charge in [0.1, 0.15) is 5.75 Å². The van der Waals surface area contributed by atoms with Crippen molar-refractivity contribution in [2.45, 2.75) is 25.4 Å². The van der Waals surface area contributed by atoms with Crippen LogP contribution in [0.4, 0.5) is 0 Å². The Labute approximate surface area is 96.2 Å². The zero-order valence-electron chi connectivity index (χ0n) is 9.65. The van der Waals surface area contributed by atoms with Crippen molar-refractivity contribution in [3.63, 3.8) is 0 Å². The summed E-state index contributed by atoms with van der Waals surface area (Å²) in [6.45, 7) is 0.640. The molecule has 0 fully saturated rings. The van der Waals surface area contributed by atoms with Gasteiger partial charge < -0.3 is 15.6 Å². The third kappa shape index (κ3) is 2.06. The molecule has 1 aromatic carbocycles. The Kier molecular flexibility index (Phi) is 3.46. The quantitative estimate of drug-likeness (QED) is 0.815. The highest BCUT2D eigenvalue weighted by molar-refractivity contribution is 5.38. The lowest BCUT2D eigenvalue weighted by atomic mass is 9.80. The Bertz CT molecular complexity index is 365. The summed E-state index contributed by atoms with van der Waals surface area (Å²) in [5.74, 6) is 1.11. The molecule has 2 unspecified atom stereocenters. The molecule has 1 aliphatic rings. The van der Waals surface area contributed by atoms with Crippen LogP contribution in [-0.4, -0.2) is 18.8 Å². The van der Waals surface area contributed by atoms with E-state index in [1.165, 1.54) is 5.56 Å². The first-order chi connectivity index (χ1) is 7.76. The average Bonchev–Trinajstić information content (AvgIpc) is 2.33.